The predicted molar refractivity (Wildman–Crippen MR) is 130 cm³/mol. The molecular weight excluding hydrogens is 416 g/mol. The standard InChI is InChI=1S/C26H34N4O3/c1-5-28-12-14-29(15-13-28)18-26(31)30-23(20-8-6-19(2)7-9-20)17-22(27-30)21-10-11-24(32-3)25(16-21)33-4/h6-11,16,23H,5,12-15,17-18H2,1-4H3. The van der Waals surface area contributed by atoms with Crippen molar-refractivity contribution >= 4 is 11.6 Å². The highest BCUT2D eigenvalue weighted by Crippen LogP contribution is 2.35. The lowest BCUT2D eigenvalue weighted by atomic mass is 9.97. The number of methoxy groups -OCH3 is 2. The molecule has 0 aliphatic carbocycles. The van der Waals surface area contributed by atoms with E-state index in [0.717, 1.165) is 49.6 Å². The molecule has 0 N–H and O–H groups in total. The van der Waals surface area contributed by atoms with Crippen molar-refractivity contribution in [3.63, 3.8) is 0 Å². The maximum absolute atomic E-state index is 13.4. The molecule has 0 aromatic heterocycles. The summed E-state index contributed by atoms with van der Waals surface area (Å²) in [5.74, 6) is 1.37. The van der Waals surface area contributed by atoms with Gasteiger partial charge >= 0.3 is 0 Å². The summed E-state index contributed by atoms with van der Waals surface area (Å²) in [5.41, 5.74) is 4.12. The van der Waals surface area contributed by atoms with Gasteiger partial charge in [-0.15, -0.1) is 0 Å². The highest BCUT2D eigenvalue weighted by molar-refractivity contribution is 6.03. The molecule has 1 saturated heterocycles. The fourth-order valence-corrected chi connectivity index (χ4v) is 4.51. The second kappa shape index (κ2) is 10.4. The fraction of sp³-hybridized carbons (Fsp3) is 0.462. The lowest BCUT2D eigenvalue weighted by Gasteiger charge is -2.34. The molecule has 2 aliphatic rings. The average molecular weight is 451 g/mol. The van der Waals surface area contributed by atoms with E-state index in [1.54, 1.807) is 19.2 Å². The summed E-state index contributed by atoms with van der Waals surface area (Å²) in [5, 5.41) is 6.53. The van der Waals surface area contributed by atoms with Crippen LogP contribution < -0.4 is 9.47 Å². The van der Waals surface area contributed by atoms with E-state index >= 15 is 0 Å². The maximum atomic E-state index is 13.4. The monoisotopic (exact) mass is 450 g/mol. The van der Waals surface area contributed by atoms with Gasteiger partial charge in [0.2, 0.25) is 0 Å². The molecule has 7 nitrogen and oxygen atoms in total. The second-order valence-electron chi connectivity index (χ2n) is 8.70. The zero-order valence-electron chi connectivity index (χ0n) is 20.1. The normalized spacial score (nSPS) is 19.5. The van der Waals surface area contributed by atoms with Gasteiger partial charge < -0.3 is 14.4 Å². The Balaban J connectivity index is 1.58. The number of hydrogen-bond acceptors (Lipinski definition) is 6. The van der Waals surface area contributed by atoms with Gasteiger partial charge in [0.15, 0.2) is 11.5 Å². The first-order valence-electron chi connectivity index (χ1n) is 11.7. The lowest BCUT2D eigenvalue weighted by Crippen LogP contribution is -2.49. The molecule has 176 valence electrons. The second-order valence-corrected chi connectivity index (χ2v) is 8.70. The molecule has 4 rings (SSSR count). The smallest absolute Gasteiger partial charge is 0.257 e. The van der Waals surface area contributed by atoms with Gasteiger partial charge in [-0.25, -0.2) is 5.01 Å². The van der Waals surface area contributed by atoms with Crippen molar-refractivity contribution in [2.24, 2.45) is 5.10 Å². The summed E-state index contributed by atoms with van der Waals surface area (Å²) >= 11 is 0. The van der Waals surface area contributed by atoms with Crippen LogP contribution in [0.3, 0.4) is 0 Å². The van der Waals surface area contributed by atoms with Crippen LogP contribution in [0.15, 0.2) is 47.6 Å². The summed E-state index contributed by atoms with van der Waals surface area (Å²) in [4.78, 5) is 18.1. The van der Waals surface area contributed by atoms with E-state index in [0.29, 0.717) is 24.5 Å². The molecule has 0 saturated carbocycles. The van der Waals surface area contributed by atoms with E-state index < -0.39 is 0 Å². The highest BCUT2D eigenvalue weighted by atomic mass is 16.5. The number of benzene rings is 2. The van der Waals surface area contributed by atoms with Crippen LogP contribution in [0.1, 0.15) is 36.1 Å². The average Bonchev–Trinajstić information content (AvgIpc) is 3.30. The van der Waals surface area contributed by atoms with Crippen LogP contribution in [0, 0.1) is 6.92 Å². The number of aryl methyl sites for hydroxylation is 1. The molecule has 7 heteroatoms. The van der Waals surface area contributed by atoms with Crippen LogP contribution in [-0.4, -0.2) is 79.9 Å². The largest absolute Gasteiger partial charge is 0.493 e. The summed E-state index contributed by atoms with van der Waals surface area (Å²) in [6.07, 6.45) is 0.661. The molecule has 2 heterocycles. The predicted octanol–water partition coefficient (Wildman–Crippen LogP) is 3.33. The van der Waals surface area contributed by atoms with Crippen LogP contribution in [0.25, 0.3) is 0 Å². The molecule has 2 aliphatic heterocycles. The molecule has 1 amide bonds. The van der Waals surface area contributed by atoms with Crippen molar-refractivity contribution in [1.82, 2.24) is 14.8 Å². The number of nitrogens with zero attached hydrogens (tertiary/aromatic N) is 4. The van der Waals surface area contributed by atoms with Gasteiger partial charge in [-0.2, -0.15) is 5.10 Å². The van der Waals surface area contributed by atoms with Gasteiger partial charge in [0.25, 0.3) is 5.91 Å². The van der Waals surface area contributed by atoms with E-state index in [9.17, 15) is 4.79 Å². The minimum absolute atomic E-state index is 0.0426. The van der Waals surface area contributed by atoms with Crippen molar-refractivity contribution in [3.8, 4) is 11.5 Å². The topological polar surface area (TPSA) is 57.6 Å². The van der Waals surface area contributed by atoms with Crippen molar-refractivity contribution in [3.05, 3.63) is 59.2 Å². The highest BCUT2D eigenvalue weighted by Gasteiger charge is 2.34. The molecule has 0 radical (unpaired) electrons. The number of hydrogen-bond donors (Lipinski definition) is 0. The van der Waals surface area contributed by atoms with Crippen LogP contribution in [0.4, 0.5) is 0 Å². The maximum Gasteiger partial charge on any atom is 0.257 e. The quantitative estimate of drug-likeness (QED) is 0.648. The first kappa shape index (κ1) is 23.3. The molecule has 33 heavy (non-hydrogen) atoms. The minimum Gasteiger partial charge on any atom is -0.493 e. The summed E-state index contributed by atoms with van der Waals surface area (Å²) in [7, 11) is 3.25. The van der Waals surface area contributed by atoms with E-state index in [2.05, 4.69) is 47.9 Å². The van der Waals surface area contributed by atoms with Gasteiger partial charge in [0, 0.05) is 38.2 Å². The van der Waals surface area contributed by atoms with Gasteiger partial charge in [-0.3, -0.25) is 9.69 Å². The van der Waals surface area contributed by atoms with Crippen LogP contribution in [0.2, 0.25) is 0 Å². The molecule has 1 unspecified atom stereocenters. The minimum atomic E-state index is -0.113. The number of amides is 1. The van der Waals surface area contributed by atoms with Gasteiger partial charge in [0.05, 0.1) is 32.5 Å². The molecule has 0 bridgehead atoms. The number of ether oxygens (including phenoxy) is 2. The van der Waals surface area contributed by atoms with E-state index in [-0.39, 0.29) is 11.9 Å². The number of hydrazone groups is 1. The van der Waals surface area contributed by atoms with E-state index in [1.807, 2.05) is 18.2 Å². The Kier molecular flexibility index (Phi) is 7.30. The Morgan fingerprint density at radius 2 is 1.64 bits per heavy atom. The lowest BCUT2D eigenvalue weighted by molar-refractivity contribution is -0.134. The molecule has 2 aromatic carbocycles. The molecule has 0 spiro atoms. The number of carbonyl (C=O) groups is 1. The molecule has 2 aromatic rings. The Labute approximate surface area is 196 Å². The number of likely N-dealkylation sites (N-methyl/N-ethyl adjacent to an activating group) is 1. The van der Waals surface area contributed by atoms with Gasteiger partial charge in [0.1, 0.15) is 0 Å². The Morgan fingerprint density at radius 1 is 0.970 bits per heavy atom. The molecule has 1 fully saturated rings. The third-order valence-electron chi connectivity index (χ3n) is 6.62. The van der Waals surface area contributed by atoms with Crippen LogP contribution >= 0.6 is 0 Å². The van der Waals surface area contributed by atoms with Crippen molar-refractivity contribution < 1.29 is 14.3 Å². The number of piperazine rings is 1. The van der Waals surface area contributed by atoms with Crippen molar-refractivity contribution in [1.29, 1.82) is 0 Å². The summed E-state index contributed by atoms with van der Waals surface area (Å²) in [6.45, 7) is 9.54. The molecular formula is C26H34N4O3. The zero-order chi connectivity index (χ0) is 23.4. The van der Waals surface area contributed by atoms with E-state index in [1.165, 1.54) is 5.56 Å². The summed E-state index contributed by atoms with van der Waals surface area (Å²) in [6, 6.07) is 14.1. The third kappa shape index (κ3) is 5.20. The number of rotatable bonds is 7. The van der Waals surface area contributed by atoms with Gasteiger partial charge in [-0.1, -0.05) is 36.8 Å². The van der Waals surface area contributed by atoms with Crippen molar-refractivity contribution in [2.75, 3.05) is 53.5 Å². The Bertz CT molecular complexity index is 997. The number of carbonyl (C=O) groups excluding carboxylic acids is 1. The fourth-order valence-electron chi connectivity index (χ4n) is 4.51. The Hall–Kier alpha value is -2.90. The third-order valence-corrected chi connectivity index (χ3v) is 6.62. The van der Waals surface area contributed by atoms with Crippen LogP contribution in [0.5, 0.6) is 11.5 Å². The SMILES string of the molecule is CCN1CCN(CC(=O)N2N=C(c3ccc(OC)c(OC)c3)CC2c2ccc(C)cc2)CC1. The Morgan fingerprint density at radius 3 is 2.27 bits per heavy atom. The van der Waals surface area contributed by atoms with Crippen LogP contribution in [-0.2, 0) is 4.79 Å². The first-order chi connectivity index (χ1) is 16.0. The van der Waals surface area contributed by atoms with Crippen molar-refractivity contribution in [2.45, 2.75) is 26.3 Å². The summed E-state index contributed by atoms with van der Waals surface area (Å²) < 4.78 is 10.9. The zero-order valence-corrected chi connectivity index (χ0v) is 20.1. The van der Waals surface area contributed by atoms with E-state index in [4.69, 9.17) is 14.6 Å². The van der Waals surface area contributed by atoms with Gasteiger partial charge in [-0.05, 0) is 37.2 Å². The first-order valence-corrected chi connectivity index (χ1v) is 11.7. The molecule has 1 atom stereocenters.